The van der Waals surface area contributed by atoms with E-state index in [1.54, 1.807) is 0 Å². The van der Waals surface area contributed by atoms with Crippen molar-refractivity contribution in [3.8, 4) is 0 Å². The third-order valence-electron chi connectivity index (χ3n) is 10.2. The van der Waals surface area contributed by atoms with Crippen LogP contribution in [0.5, 0.6) is 0 Å². The predicted octanol–water partition coefficient (Wildman–Crippen LogP) is 6.98. The van der Waals surface area contributed by atoms with Crippen LogP contribution in [0.1, 0.15) is 111 Å². The minimum atomic E-state index is -0.00235. The number of aliphatic hydroxyl groups is 1. The van der Waals surface area contributed by atoms with Crippen molar-refractivity contribution in [3.05, 3.63) is 0 Å². The maximum absolute atomic E-state index is 10.2. The first-order valence-corrected chi connectivity index (χ1v) is 12.2. The average molecular weight is 361 g/mol. The van der Waals surface area contributed by atoms with Gasteiger partial charge in [-0.15, -0.1) is 0 Å². The number of aliphatic hydroxyl groups excluding tert-OH is 1. The molecule has 0 radical (unpaired) electrons. The Labute approximate surface area is 162 Å². The lowest BCUT2D eigenvalue weighted by Crippen LogP contribution is -2.53. The van der Waals surface area contributed by atoms with Gasteiger partial charge in [-0.1, -0.05) is 46.5 Å². The molecule has 1 N–H and O–H groups in total. The van der Waals surface area contributed by atoms with Gasteiger partial charge in [0.05, 0.1) is 6.10 Å². The summed E-state index contributed by atoms with van der Waals surface area (Å²) in [5.41, 5.74) is 1.20. The van der Waals surface area contributed by atoms with Crippen molar-refractivity contribution in [2.45, 2.75) is 117 Å². The van der Waals surface area contributed by atoms with E-state index in [0.717, 1.165) is 42.4 Å². The highest BCUT2D eigenvalue weighted by Crippen LogP contribution is 2.67. The van der Waals surface area contributed by atoms with E-state index >= 15 is 0 Å². The normalized spacial score (nSPS) is 50.8. The number of hydrogen-bond donors (Lipinski definition) is 1. The summed E-state index contributed by atoms with van der Waals surface area (Å²) in [5, 5.41) is 10.2. The van der Waals surface area contributed by atoms with Crippen LogP contribution in [0.15, 0.2) is 0 Å². The summed E-state index contributed by atoms with van der Waals surface area (Å²) in [6, 6.07) is 0. The Kier molecular flexibility index (Phi) is 5.50. The van der Waals surface area contributed by atoms with Gasteiger partial charge in [-0.25, -0.2) is 0 Å². The number of hydrogen-bond acceptors (Lipinski definition) is 1. The van der Waals surface area contributed by atoms with Gasteiger partial charge in [-0.05, 0) is 105 Å². The second-order valence-electron chi connectivity index (χ2n) is 11.3. The zero-order chi connectivity index (χ0) is 18.4. The molecule has 0 heterocycles. The molecule has 4 saturated carbocycles. The molecule has 1 nitrogen and oxygen atoms in total. The molecule has 0 aliphatic heterocycles. The summed E-state index contributed by atoms with van der Waals surface area (Å²) < 4.78 is 0. The summed E-state index contributed by atoms with van der Waals surface area (Å²) in [4.78, 5) is 0. The molecular weight excluding hydrogens is 316 g/mol. The topological polar surface area (TPSA) is 20.2 Å². The monoisotopic (exact) mass is 360 g/mol. The molecule has 0 spiro atoms. The van der Waals surface area contributed by atoms with Crippen molar-refractivity contribution >= 4 is 0 Å². The largest absolute Gasteiger partial charge is 0.393 e. The smallest absolute Gasteiger partial charge is 0.0543 e. The molecule has 7 unspecified atom stereocenters. The van der Waals surface area contributed by atoms with Crippen molar-refractivity contribution in [2.75, 3.05) is 0 Å². The highest BCUT2D eigenvalue weighted by molar-refractivity contribution is 5.09. The summed E-state index contributed by atoms with van der Waals surface area (Å²) >= 11 is 0. The van der Waals surface area contributed by atoms with E-state index in [-0.39, 0.29) is 6.10 Å². The van der Waals surface area contributed by atoms with E-state index in [4.69, 9.17) is 0 Å². The van der Waals surface area contributed by atoms with E-state index in [2.05, 4.69) is 20.8 Å². The van der Waals surface area contributed by atoms with Gasteiger partial charge in [0.25, 0.3) is 0 Å². The molecule has 4 aliphatic rings. The van der Waals surface area contributed by atoms with Gasteiger partial charge >= 0.3 is 0 Å². The first-order valence-electron chi connectivity index (χ1n) is 12.2. The van der Waals surface area contributed by atoms with Gasteiger partial charge in [0.15, 0.2) is 0 Å². The fraction of sp³-hybridized carbons (Fsp3) is 1.00. The molecule has 4 fully saturated rings. The molecular formula is C25H44O. The van der Waals surface area contributed by atoms with E-state index in [1.807, 2.05) is 0 Å². The van der Waals surface area contributed by atoms with Crippen LogP contribution in [-0.2, 0) is 0 Å². The summed E-state index contributed by atoms with van der Waals surface area (Å²) in [7, 11) is 0. The number of fused-ring (bicyclic) bond motifs is 5. The molecule has 0 amide bonds. The molecule has 0 aromatic heterocycles. The van der Waals surface area contributed by atoms with E-state index in [1.165, 1.54) is 77.0 Å². The van der Waals surface area contributed by atoms with Gasteiger partial charge in [0.2, 0.25) is 0 Å². The fourth-order valence-electron chi connectivity index (χ4n) is 8.64. The van der Waals surface area contributed by atoms with Gasteiger partial charge in [-0.3, -0.25) is 0 Å². The quantitative estimate of drug-likeness (QED) is 0.524. The molecule has 0 aromatic rings. The lowest BCUT2D eigenvalue weighted by Gasteiger charge is -2.61. The van der Waals surface area contributed by atoms with Crippen LogP contribution >= 0.6 is 0 Å². The van der Waals surface area contributed by atoms with Crippen LogP contribution in [-0.4, -0.2) is 11.2 Å². The number of rotatable bonds is 5. The van der Waals surface area contributed by atoms with Crippen molar-refractivity contribution in [1.29, 1.82) is 0 Å². The third kappa shape index (κ3) is 3.09. The molecule has 8 atom stereocenters. The van der Waals surface area contributed by atoms with Gasteiger partial charge < -0.3 is 5.11 Å². The van der Waals surface area contributed by atoms with Crippen LogP contribution in [0.25, 0.3) is 0 Å². The zero-order valence-electron chi connectivity index (χ0n) is 17.8. The zero-order valence-corrected chi connectivity index (χ0v) is 17.8. The standard InChI is InChI=1S/C25H44O/c1-4-5-6-7-8-18-10-12-22-21-11-9-19-17-20(26)13-15-25(19,3)23(21)14-16-24(18,22)2/h18-23,26H,4-17H2,1-3H3/t18?,19?,20-,21?,22?,23?,24?,25?/m0/s1. The van der Waals surface area contributed by atoms with Crippen LogP contribution in [0.4, 0.5) is 0 Å². The second-order valence-corrected chi connectivity index (χ2v) is 11.3. The molecule has 4 aliphatic carbocycles. The van der Waals surface area contributed by atoms with E-state index in [0.29, 0.717) is 10.8 Å². The highest BCUT2D eigenvalue weighted by Gasteiger charge is 2.59. The summed E-state index contributed by atoms with van der Waals surface area (Å²) in [6.45, 7) is 7.65. The van der Waals surface area contributed by atoms with Crippen molar-refractivity contribution in [1.82, 2.24) is 0 Å². The maximum Gasteiger partial charge on any atom is 0.0543 e. The Morgan fingerprint density at radius 1 is 0.808 bits per heavy atom. The molecule has 150 valence electrons. The lowest BCUT2D eigenvalue weighted by atomic mass is 9.44. The Hall–Kier alpha value is -0.0400. The molecule has 0 bridgehead atoms. The predicted molar refractivity (Wildman–Crippen MR) is 110 cm³/mol. The van der Waals surface area contributed by atoms with Crippen molar-refractivity contribution < 1.29 is 5.11 Å². The second kappa shape index (κ2) is 7.41. The molecule has 0 saturated heterocycles. The van der Waals surface area contributed by atoms with Crippen LogP contribution in [0, 0.1) is 40.4 Å². The Balaban J connectivity index is 1.46. The molecule has 26 heavy (non-hydrogen) atoms. The van der Waals surface area contributed by atoms with E-state index in [9.17, 15) is 5.11 Å². The molecule has 0 aromatic carbocycles. The van der Waals surface area contributed by atoms with Crippen molar-refractivity contribution in [2.24, 2.45) is 40.4 Å². The minimum absolute atomic E-state index is 0.00235. The van der Waals surface area contributed by atoms with E-state index < -0.39 is 0 Å². The third-order valence-corrected chi connectivity index (χ3v) is 10.2. The lowest BCUT2D eigenvalue weighted by molar-refractivity contribution is -0.127. The Bertz CT molecular complexity index is 487. The SMILES string of the molecule is CCCCCCC1CCC2C3CCC4C[C@@H](O)CCC4(C)C3CCC12C. The maximum atomic E-state index is 10.2. The summed E-state index contributed by atoms with van der Waals surface area (Å²) in [6.07, 6.45) is 19.6. The molecule has 4 rings (SSSR count). The summed E-state index contributed by atoms with van der Waals surface area (Å²) in [5.74, 6) is 4.81. The first-order chi connectivity index (χ1) is 12.5. The van der Waals surface area contributed by atoms with Gasteiger partial charge in [0.1, 0.15) is 0 Å². The first kappa shape index (κ1) is 19.3. The van der Waals surface area contributed by atoms with Crippen LogP contribution < -0.4 is 0 Å². The Morgan fingerprint density at radius 2 is 1.58 bits per heavy atom. The van der Waals surface area contributed by atoms with Crippen LogP contribution in [0.2, 0.25) is 0 Å². The molecule has 1 heteroatoms. The van der Waals surface area contributed by atoms with Crippen molar-refractivity contribution in [3.63, 3.8) is 0 Å². The minimum Gasteiger partial charge on any atom is -0.393 e. The van der Waals surface area contributed by atoms with Gasteiger partial charge in [0, 0.05) is 0 Å². The van der Waals surface area contributed by atoms with Crippen LogP contribution in [0.3, 0.4) is 0 Å². The Morgan fingerprint density at radius 3 is 2.38 bits per heavy atom. The number of unbranched alkanes of at least 4 members (excludes halogenated alkanes) is 3. The highest BCUT2D eigenvalue weighted by atomic mass is 16.3. The average Bonchev–Trinajstić information content (AvgIpc) is 2.96. The fourth-order valence-corrected chi connectivity index (χ4v) is 8.64. The van der Waals surface area contributed by atoms with Gasteiger partial charge in [-0.2, -0.15) is 0 Å².